The van der Waals surface area contributed by atoms with Crippen LogP contribution in [-0.2, 0) is 0 Å². The topological polar surface area (TPSA) is 62.6 Å². The normalized spacial score (nSPS) is 12.9. The van der Waals surface area contributed by atoms with E-state index in [9.17, 15) is 8.78 Å². The van der Waals surface area contributed by atoms with Crippen molar-refractivity contribution >= 4 is 23.4 Å². The third kappa shape index (κ3) is 3.04. The summed E-state index contributed by atoms with van der Waals surface area (Å²) in [5.74, 6) is -0.313. The zero-order valence-electron chi connectivity index (χ0n) is 13.6. The summed E-state index contributed by atoms with van der Waals surface area (Å²) in [4.78, 5) is 8.58. The van der Waals surface area contributed by atoms with Crippen LogP contribution in [0.25, 0.3) is 0 Å². The van der Waals surface area contributed by atoms with Crippen LogP contribution in [0.2, 0.25) is 0 Å². The molecule has 8 heteroatoms. The average molecular weight is 353 g/mol. The zero-order valence-corrected chi connectivity index (χ0v) is 13.6. The van der Waals surface area contributed by atoms with Crippen molar-refractivity contribution in [1.82, 2.24) is 9.97 Å². The van der Waals surface area contributed by atoms with Crippen molar-refractivity contribution < 1.29 is 13.5 Å². The molecule has 26 heavy (non-hydrogen) atoms. The van der Waals surface area contributed by atoms with Gasteiger partial charge in [-0.25, -0.2) is 18.8 Å². The Morgan fingerprint density at radius 3 is 2.65 bits per heavy atom. The molecule has 0 saturated carbocycles. The Hall–Kier alpha value is -3.55. The Balaban J connectivity index is 1.63. The highest BCUT2D eigenvalue weighted by Crippen LogP contribution is 2.31. The van der Waals surface area contributed by atoms with E-state index in [1.54, 1.807) is 7.05 Å². The van der Waals surface area contributed by atoms with Crippen LogP contribution in [0.4, 0.5) is 26.2 Å². The fraction of sp³-hybridized carbons (Fsp3) is 0.0556. The summed E-state index contributed by atoms with van der Waals surface area (Å²) in [6.07, 6.45) is 1.47. The second-order valence-electron chi connectivity index (χ2n) is 5.53. The van der Waals surface area contributed by atoms with Crippen LogP contribution in [0, 0.1) is 11.6 Å². The van der Waals surface area contributed by atoms with Gasteiger partial charge in [-0.2, -0.15) is 4.98 Å². The molecule has 130 valence electrons. The second kappa shape index (κ2) is 6.40. The molecule has 6 nitrogen and oxygen atoms in total. The molecule has 0 aliphatic carbocycles. The third-order valence-electron chi connectivity index (χ3n) is 3.68. The number of ether oxygens (including phenoxy) is 1. The van der Waals surface area contributed by atoms with Crippen LogP contribution in [0.15, 0.2) is 59.8 Å². The number of halogens is 2. The average Bonchev–Trinajstić information content (AvgIpc) is 2.63. The fourth-order valence-electron chi connectivity index (χ4n) is 2.46. The van der Waals surface area contributed by atoms with Gasteiger partial charge in [0.1, 0.15) is 11.6 Å². The van der Waals surface area contributed by atoms with Gasteiger partial charge in [-0.1, -0.05) is 18.2 Å². The van der Waals surface area contributed by atoms with Crippen molar-refractivity contribution in [3.63, 3.8) is 0 Å². The molecule has 4 rings (SSSR count). The molecule has 0 saturated heterocycles. The number of aromatic nitrogens is 2. The first-order valence-electron chi connectivity index (χ1n) is 7.75. The molecule has 0 spiro atoms. The fourth-order valence-corrected chi connectivity index (χ4v) is 2.46. The van der Waals surface area contributed by atoms with Crippen LogP contribution >= 0.6 is 0 Å². The molecule has 0 bridgehead atoms. The molecule has 0 radical (unpaired) electrons. The van der Waals surface area contributed by atoms with E-state index >= 15 is 0 Å². The van der Waals surface area contributed by atoms with E-state index in [0.29, 0.717) is 17.5 Å². The van der Waals surface area contributed by atoms with E-state index in [-0.39, 0.29) is 11.5 Å². The maximum atomic E-state index is 14.0. The van der Waals surface area contributed by atoms with E-state index in [4.69, 9.17) is 4.74 Å². The number of para-hydroxylation sites is 1. The van der Waals surface area contributed by atoms with Gasteiger partial charge in [0.2, 0.25) is 11.8 Å². The summed E-state index contributed by atoms with van der Waals surface area (Å²) in [6.45, 7) is 0. The number of rotatable bonds is 3. The summed E-state index contributed by atoms with van der Waals surface area (Å²) in [6, 6.07) is 12.7. The van der Waals surface area contributed by atoms with Crippen molar-refractivity contribution in [1.29, 1.82) is 0 Å². The lowest BCUT2D eigenvalue weighted by atomic mass is 10.2. The molecule has 0 atom stereocenters. The SMILES string of the molecule is CN1N=C(c2ccc(F)cc2F)Oc2cnc(Nc3ccccc3)nc21. The number of anilines is 3. The lowest BCUT2D eigenvalue weighted by molar-refractivity contribution is 0.515. The first kappa shape index (κ1) is 15.9. The number of hydrogen-bond acceptors (Lipinski definition) is 6. The Bertz CT molecular complexity index is 994. The van der Waals surface area contributed by atoms with E-state index < -0.39 is 11.6 Å². The Labute approximate surface area is 147 Å². The Kier molecular flexibility index (Phi) is 3.92. The monoisotopic (exact) mass is 353 g/mol. The number of fused-ring (bicyclic) bond motifs is 1. The quantitative estimate of drug-likeness (QED) is 0.778. The minimum absolute atomic E-state index is 0.00451. The van der Waals surface area contributed by atoms with Crippen LogP contribution < -0.4 is 15.1 Å². The van der Waals surface area contributed by atoms with Gasteiger partial charge in [0.05, 0.1) is 11.8 Å². The van der Waals surface area contributed by atoms with E-state index in [1.807, 2.05) is 30.3 Å². The Morgan fingerprint density at radius 1 is 1.08 bits per heavy atom. The Morgan fingerprint density at radius 2 is 1.88 bits per heavy atom. The van der Waals surface area contributed by atoms with Crippen molar-refractivity contribution in [2.24, 2.45) is 5.10 Å². The van der Waals surface area contributed by atoms with E-state index in [0.717, 1.165) is 17.8 Å². The van der Waals surface area contributed by atoms with Gasteiger partial charge >= 0.3 is 0 Å². The summed E-state index contributed by atoms with van der Waals surface area (Å²) in [7, 11) is 1.65. The molecule has 2 heterocycles. The van der Waals surface area contributed by atoms with Gasteiger partial charge in [0.15, 0.2) is 11.6 Å². The lowest BCUT2D eigenvalue weighted by Gasteiger charge is -2.23. The largest absolute Gasteiger partial charge is 0.431 e. The molecule has 0 fully saturated rings. The van der Waals surface area contributed by atoms with E-state index in [2.05, 4.69) is 20.4 Å². The summed E-state index contributed by atoms with van der Waals surface area (Å²) in [5.41, 5.74) is 0.889. The number of benzene rings is 2. The van der Waals surface area contributed by atoms with Gasteiger partial charge in [-0.05, 0) is 24.3 Å². The highest BCUT2D eigenvalue weighted by atomic mass is 19.1. The van der Waals surface area contributed by atoms with Crippen molar-refractivity contribution in [2.75, 3.05) is 17.4 Å². The molecule has 1 aliphatic heterocycles. The van der Waals surface area contributed by atoms with E-state index in [1.165, 1.54) is 17.3 Å². The molecule has 1 N–H and O–H groups in total. The first-order valence-corrected chi connectivity index (χ1v) is 7.75. The second-order valence-corrected chi connectivity index (χ2v) is 5.53. The van der Waals surface area contributed by atoms with Crippen molar-refractivity contribution in [2.45, 2.75) is 0 Å². The predicted molar refractivity (Wildman–Crippen MR) is 93.7 cm³/mol. The molecule has 1 aromatic heterocycles. The van der Waals surface area contributed by atoms with Crippen LogP contribution in [-0.4, -0.2) is 22.9 Å². The van der Waals surface area contributed by atoms with Crippen LogP contribution in [0.5, 0.6) is 5.75 Å². The summed E-state index contributed by atoms with van der Waals surface area (Å²) in [5, 5.41) is 8.71. The maximum Gasteiger partial charge on any atom is 0.247 e. The number of nitrogens with one attached hydrogen (secondary N) is 1. The summed E-state index contributed by atoms with van der Waals surface area (Å²) >= 11 is 0. The van der Waals surface area contributed by atoms with Gasteiger partial charge in [-0.15, -0.1) is 5.10 Å². The maximum absolute atomic E-state index is 14.0. The zero-order chi connectivity index (χ0) is 18.1. The molecule has 3 aromatic rings. The smallest absolute Gasteiger partial charge is 0.247 e. The standard InChI is InChI=1S/C18H13F2N5O/c1-25-16-15(10-21-18(23-16)22-12-5-3-2-4-6-12)26-17(24-25)13-8-7-11(19)9-14(13)20/h2-10H,1H3,(H,21,22,23). The third-order valence-corrected chi connectivity index (χ3v) is 3.68. The van der Waals surface area contributed by atoms with Crippen LogP contribution in [0.3, 0.4) is 0 Å². The van der Waals surface area contributed by atoms with Crippen LogP contribution in [0.1, 0.15) is 5.56 Å². The highest BCUT2D eigenvalue weighted by molar-refractivity contribution is 5.98. The van der Waals surface area contributed by atoms with Crippen molar-refractivity contribution in [3.8, 4) is 5.75 Å². The summed E-state index contributed by atoms with van der Waals surface area (Å²) < 4.78 is 32.7. The van der Waals surface area contributed by atoms with Crippen molar-refractivity contribution in [3.05, 3.63) is 71.9 Å². The first-order chi connectivity index (χ1) is 12.6. The molecule has 1 aliphatic rings. The molecular weight excluding hydrogens is 340 g/mol. The molecule has 2 aromatic carbocycles. The predicted octanol–water partition coefficient (Wildman–Crippen LogP) is 3.69. The minimum Gasteiger partial charge on any atom is -0.431 e. The minimum atomic E-state index is -0.760. The number of hydrogen-bond donors (Lipinski definition) is 1. The number of hydrazone groups is 1. The van der Waals surface area contributed by atoms with Gasteiger partial charge in [0.25, 0.3) is 0 Å². The van der Waals surface area contributed by atoms with Gasteiger partial charge in [-0.3, -0.25) is 0 Å². The molecule has 0 amide bonds. The molecule has 0 unspecified atom stereocenters. The molecular formula is C18H13F2N5O. The number of nitrogens with zero attached hydrogens (tertiary/aromatic N) is 4. The van der Waals surface area contributed by atoms with Gasteiger partial charge < -0.3 is 10.1 Å². The lowest BCUT2D eigenvalue weighted by Crippen LogP contribution is -2.26. The highest BCUT2D eigenvalue weighted by Gasteiger charge is 2.24. The van der Waals surface area contributed by atoms with Gasteiger partial charge in [0, 0.05) is 18.8 Å².